The van der Waals surface area contributed by atoms with Gasteiger partial charge in [0.25, 0.3) is 0 Å². The van der Waals surface area contributed by atoms with Crippen molar-refractivity contribution in [2.45, 2.75) is 38.5 Å². The van der Waals surface area contributed by atoms with Gasteiger partial charge in [0.15, 0.2) is 5.65 Å². The highest BCUT2D eigenvalue weighted by molar-refractivity contribution is 7.99. The average Bonchev–Trinajstić information content (AvgIpc) is 3.14. The molecule has 0 spiro atoms. The predicted octanol–water partition coefficient (Wildman–Crippen LogP) is 3.19. The molecule has 1 saturated carbocycles. The van der Waals surface area contributed by atoms with Gasteiger partial charge in [-0.1, -0.05) is 19.8 Å². The van der Waals surface area contributed by atoms with Gasteiger partial charge in [-0.3, -0.25) is 4.68 Å². The number of thioether (sulfide) groups is 1. The number of anilines is 1. The zero-order valence-corrected chi connectivity index (χ0v) is 13.6. The minimum Gasteiger partial charge on any atom is -0.369 e. The lowest BCUT2D eigenvalue weighted by molar-refractivity contribution is 0.667. The maximum atomic E-state index is 4.81. The first-order valence-electron chi connectivity index (χ1n) is 7.81. The van der Waals surface area contributed by atoms with E-state index in [0.717, 1.165) is 40.7 Å². The van der Waals surface area contributed by atoms with E-state index in [1.54, 1.807) is 0 Å². The third kappa shape index (κ3) is 3.15. The molecule has 2 aromatic heterocycles. The maximum Gasteiger partial charge on any atom is 0.163 e. The molecule has 0 saturated heterocycles. The van der Waals surface area contributed by atoms with E-state index in [2.05, 4.69) is 17.3 Å². The van der Waals surface area contributed by atoms with Crippen LogP contribution >= 0.6 is 11.8 Å². The number of nitrogens with zero attached hydrogens (tertiary/aromatic N) is 4. The Morgan fingerprint density at radius 3 is 2.90 bits per heavy atom. The SMILES string of the molecule is CCSCCNc1nc(C2CCCC2)nc2c1cnn2C. The van der Waals surface area contributed by atoms with Crippen molar-refractivity contribution in [3.8, 4) is 0 Å². The van der Waals surface area contributed by atoms with Gasteiger partial charge in [-0.15, -0.1) is 0 Å². The highest BCUT2D eigenvalue weighted by Gasteiger charge is 2.22. The Kier molecular flexibility index (Phi) is 4.63. The van der Waals surface area contributed by atoms with Crippen molar-refractivity contribution < 1.29 is 0 Å². The van der Waals surface area contributed by atoms with Crippen LogP contribution in [0.3, 0.4) is 0 Å². The number of rotatable bonds is 6. The largest absolute Gasteiger partial charge is 0.369 e. The van der Waals surface area contributed by atoms with Gasteiger partial charge in [0.1, 0.15) is 11.6 Å². The fourth-order valence-electron chi connectivity index (χ4n) is 2.93. The number of aromatic nitrogens is 4. The van der Waals surface area contributed by atoms with Crippen LogP contribution in [0.5, 0.6) is 0 Å². The molecule has 3 rings (SSSR count). The molecule has 1 aliphatic carbocycles. The predicted molar refractivity (Wildman–Crippen MR) is 89.0 cm³/mol. The summed E-state index contributed by atoms with van der Waals surface area (Å²) in [5, 5.41) is 8.84. The summed E-state index contributed by atoms with van der Waals surface area (Å²) in [5.41, 5.74) is 0.942. The van der Waals surface area contributed by atoms with Crippen LogP contribution in [0.1, 0.15) is 44.3 Å². The van der Waals surface area contributed by atoms with Crippen LogP contribution in [0.25, 0.3) is 11.0 Å². The van der Waals surface area contributed by atoms with Crippen LogP contribution in [-0.4, -0.2) is 37.8 Å². The second kappa shape index (κ2) is 6.64. The summed E-state index contributed by atoms with van der Waals surface area (Å²) in [7, 11) is 1.95. The van der Waals surface area contributed by atoms with E-state index < -0.39 is 0 Å². The summed E-state index contributed by atoms with van der Waals surface area (Å²) in [5.74, 6) is 4.72. The second-order valence-electron chi connectivity index (χ2n) is 5.54. The van der Waals surface area contributed by atoms with E-state index in [4.69, 9.17) is 9.97 Å². The minimum absolute atomic E-state index is 0.523. The first-order chi connectivity index (χ1) is 10.3. The molecule has 6 heteroatoms. The zero-order valence-electron chi connectivity index (χ0n) is 12.8. The van der Waals surface area contributed by atoms with E-state index in [0.29, 0.717) is 5.92 Å². The Balaban J connectivity index is 1.88. The fraction of sp³-hybridized carbons (Fsp3) is 0.667. The zero-order chi connectivity index (χ0) is 14.7. The third-order valence-corrected chi connectivity index (χ3v) is 4.97. The Morgan fingerprint density at radius 1 is 1.33 bits per heavy atom. The van der Waals surface area contributed by atoms with Crippen LogP contribution in [0, 0.1) is 0 Å². The Labute approximate surface area is 129 Å². The molecule has 21 heavy (non-hydrogen) atoms. The van der Waals surface area contributed by atoms with Gasteiger partial charge < -0.3 is 5.32 Å². The molecule has 1 fully saturated rings. The van der Waals surface area contributed by atoms with Crippen molar-refractivity contribution in [1.29, 1.82) is 0 Å². The van der Waals surface area contributed by atoms with Gasteiger partial charge in [-0.25, -0.2) is 9.97 Å². The smallest absolute Gasteiger partial charge is 0.163 e. The molecule has 0 bridgehead atoms. The fourth-order valence-corrected chi connectivity index (χ4v) is 3.46. The van der Waals surface area contributed by atoms with Crippen LogP contribution < -0.4 is 5.32 Å². The van der Waals surface area contributed by atoms with Gasteiger partial charge >= 0.3 is 0 Å². The van der Waals surface area contributed by atoms with E-state index >= 15 is 0 Å². The number of aryl methyl sites for hydroxylation is 1. The lowest BCUT2D eigenvalue weighted by Gasteiger charge is -2.12. The van der Waals surface area contributed by atoms with Crippen molar-refractivity contribution in [1.82, 2.24) is 19.7 Å². The monoisotopic (exact) mass is 305 g/mol. The summed E-state index contributed by atoms with van der Waals surface area (Å²) >= 11 is 1.94. The number of hydrogen-bond acceptors (Lipinski definition) is 5. The highest BCUT2D eigenvalue weighted by Crippen LogP contribution is 2.33. The lowest BCUT2D eigenvalue weighted by Crippen LogP contribution is -2.10. The molecule has 0 amide bonds. The van der Waals surface area contributed by atoms with Crippen molar-refractivity contribution in [3.05, 3.63) is 12.0 Å². The standard InChI is InChI=1S/C15H23N5S/c1-3-21-9-8-16-14-12-10-17-20(2)15(12)19-13(18-14)11-6-4-5-7-11/h10-11H,3-9H2,1-2H3,(H,16,18,19). The number of hydrogen-bond donors (Lipinski definition) is 1. The van der Waals surface area contributed by atoms with Gasteiger partial charge in [0.05, 0.1) is 11.6 Å². The van der Waals surface area contributed by atoms with Crippen LogP contribution in [0.2, 0.25) is 0 Å². The molecular weight excluding hydrogens is 282 g/mol. The van der Waals surface area contributed by atoms with E-state index in [1.165, 1.54) is 25.7 Å². The first-order valence-corrected chi connectivity index (χ1v) is 8.96. The molecule has 1 aliphatic rings. The molecule has 5 nitrogen and oxygen atoms in total. The lowest BCUT2D eigenvalue weighted by atomic mass is 10.1. The maximum absolute atomic E-state index is 4.81. The van der Waals surface area contributed by atoms with E-state index in [1.807, 2.05) is 29.7 Å². The Morgan fingerprint density at radius 2 is 2.14 bits per heavy atom. The minimum atomic E-state index is 0.523. The van der Waals surface area contributed by atoms with Gasteiger partial charge in [-0.2, -0.15) is 16.9 Å². The molecule has 2 aromatic rings. The van der Waals surface area contributed by atoms with E-state index in [9.17, 15) is 0 Å². The van der Waals surface area contributed by atoms with Crippen molar-refractivity contribution in [2.75, 3.05) is 23.4 Å². The molecule has 0 aromatic carbocycles. The van der Waals surface area contributed by atoms with Crippen LogP contribution in [0.4, 0.5) is 5.82 Å². The van der Waals surface area contributed by atoms with Crippen LogP contribution in [0.15, 0.2) is 6.20 Å². The molecule has 0 aliphatic heterocycles. The van der Waals surface area contributed by atoms with Gasteiger partial charge in [0.2, 0.25) is 0 Å². The summed E-state index contributed by atoms with van der Waals surface area (Å²) in [6.45, 7) is 3.12. The van der Waals surface area contributed by atoms with Gasteiger partial charge in [0, 0.05) is 25.3 Å². The van der Waals surface area contributed by atoms with Crippen molar-refractivity contribution in [2.24, 2.45) is 7.05 Å². The first kappa shape index (κ1) is 14.6. The average molecular weight is 305 g/mol. The number of nitrogens with one attached hydrogen (secondary N) is 1. The van der Waals surface area contributed by atoms with Gasteiger partial charge in [-0.05, 0) is 18.6 Å². The molecule has 0 unspecified atom stereocenters. The summed E-state index contributed by atoms with van der Waals surface area (Å²) < 4.78 is 1.85. The summed E-state index contributed by atoms with van der Waals surface area (Å²) in [4.78, 5) is 9.58. The second-order valence-corrected chi connectivity index (χ2v) is 6.93. The quantitative estimate of drug-likeness (QED) is 0.831. The Hall–Kier alpha value is -1.30. The van der Waals surface area contributed by atoms with Crippen LogP contribution in [-0.2, 0) is 7.05 Å². The summed E-state index contributed by atoms with van der Waals surface area (Å²) in [6.07, 6.45) is 6.90. The van der Waals surface area contributed by atoms with Crippen molar-refractivity contribution >= 4 is 28.6 Å². The third-order valence-electron chi connectivity index (χ3n) is 4.07. The number of fused-ring (bicyclic) bond motifs is 1. The highest BCUT2D eigenvalue weighted by atomic mass is 32.2. The van der Waals surface area contributed by atoms with E-state index in [-0.39, 0.29) is 0 Å². The molecule has 114 valence electrons. The molecule has 0 atom stereocenters. The van der Waals surface area contributed by atoms with Crippen molar-refractivity contribution in [3.63, 3.8) is 0 Å². The molecule has 0 radical (unpaired) electrons. The molecule has 2 heterocycles. The molecular formula is C15H23N5S. The summed E-state index contributed by atoms with van der Waals surface area (Å²) in [6, 6.07) is 0. The normalized spacial score (nSPS) is 15.9. The molecule has 1 N–H and O–H groups in total. The Bertz CT molecular complexity index is 603. The topological polar surface area (TPSA) is 55.6 Å².